The maximum atomic E-state index is 8.37. The Morgan fingerprint density at radius 1 is 1.07 bits per heavy atom. The van der Waals surface area contributed by atoms with Gasteiger partial charge in [0.25, 0.3) is 0 Å². The lowest BCUT2D eigenvalue weighted by molar-refractivity contribution is 1.04. The van der Waals surface area contributed by atoms with E-state index in [4.69, 9.17) is 1.37 Å². The molecule has 2 heteroatoms. The molecule has 0 amide bonds. The highest BCUT2D eigenvalue weighted by atomic mass is 32.2. The highest BCUT2D eigenvalue weighted by molar-refractivity contribution is 8.07. The lowest BCUT2D eigenvalue weighted by atomic mass is 10.2. The van der Waals surface area contributed by atoms with Gasteiger partial charge in [-0.05, 0) is 0 Å². The molecular formula is C12H16S2+2. The Kier molecular flexibility index (Phi) is 2.21. The predicted molar refractivity (Wildman–Crippen MR) is 68.2 cm³/mol. The van der Waals surface area contributed by atoms with Gasteiger partial charge in [-0.2, -0.15) is 0 Å². The van der Waals surface area contributed by atoms with Gasteiger partial charge < -0.3 is 0 Å². The average Bonchev–Trinajstić information content (AvgIpc) is 2.31. The molecule has 0 spiro atoms. The van der Waals surface area contributed by atoms with Gasteiger partial charge in [-0.3, -0.25) is 0 Å². The second-order valence-electron chi connectivity index (χ2n) is 3.86. The Hall–Kier alpha value is -0.0800. The molecule has 0 aromatic heterocycles. The second-order valence-corrected chi connectivity index (χ2v) is 8.42. The highest BCUT2D eigenvalue weighted by Crippen LogP contribution is 2.35. The molecule has 3 heterocycles. The van der Waals surface area contributed by atoms with Gasteiger partial charge in [0.15, 0.2) is 34.0 Å². The molecule has 2 atom stereocenters. The number of fused-ring (bicyclic) bond motifs is 3. The summed E-state index contributed by atoms with van der Waals surface area (Å²) in [6, 6.07) is 10.8. The summed E-state index contributed by atoms with van der Waals surface area (Å²) in [5, 5.41) is 0.567. The van der Waals surface area contributed by atoms with Crippen molar-refractivity contribution in [2.75, 3.05) is 28.7 Å². The molecule has 0 radical (unpaired) electrons. The standard InChI is InChI=1S/C12H16S2/c1-2-4-11(5-3-1)12-10-13-6-8-14(12)9-7-13/h1-5,12H,6-10H2/q+2/t12-,13?,14?/m1/s1/i10D/t10-,12+,13?,14?/m0. The molecule has 3 saturated heterocycles. The van der Waals surface area contributed by atoms with E-state index in [9.17, 15) is 0 Å². The van der Waals surface area contributed by atoms with Crippen LogP contribution in [-0.2, 0) is 21.8 Å². The molecule has 14 heavy (non-hydrogen) atoms. The first-order chi connectivity index (χ1) is 7.36. The molecule has 0 unspecified atom stereocenters. The minimum absolute atomic E-state index is 0.207. The van der Waals surface area contributed by atoms with Crippen molar-refractivity contribution in [2.24, 2.45) is 0 Å². The van der Waals surface area contributed by atoms with Crippen LogP contribution < -0.4 is 0 Å². The number of hydrogen-bond donors (Lipinski definition) is 0. The van der Waals surface area contributed by atoms with Gasteiger partial charge in [0.2, 0.25) is 0 Å². The number of hydrogen-bond acceptors (Lipinski definition) is 0. The summed E-state index contributed by atoms with van der Waals surface area (Å²) in [5.41, 5.74) is 1.64. The predicted octanol–water partition coefficient (Wildman–Crippen LogP) is 1.99. The summed E-state index contributed by atoms with van der Waals surface area (Å²) < 4.78 is 8.37. The smallest absolute Gasteiger partial charge is 0.0622 e. The van der Waals surface area contributed by atoms with Crippen molar-refractivity contribution < 1.29 is 1.37 Å². The highest BCUT2D eigenvalue weighted by Gasteiger charge is 2.49. The van der Waals surface area contributed by atoms with Crippen LogP contribution in [0.25, 0.3) is 0 Å². The molecule has 0 aliphatic carbocycles. The SMILES string of the molecule is [2H][C@H]1[C@H](c2ccccc2)[S+]2CC[S+]1CC2. The normalized spacial score (nSPS) is 42.1. The van der Waals surface area contributed by atoms with Crippen molar-refractivity contribution in [2.45, 2.75) is 5.25 Å². The molecule has 0 N–H and O–H groups in total. The van der Waals surface area contributed by atoms with Crippen LogP contribution in [0.2, 0.25) is 0 Å². The lowest BCUT2D eigenvalue weighted by Gasteiger charge is -2.29. The fourth-order valence-corrected chi connectivity index (χ4v) is 8.95. The summed E-state index contributed by atoms with van der Waals surface area (Å²) in [5.74, 6) is 5.50. The van der Waals surface area contributed by atoms with E-state index in [-0.39, 0.29) is 5.73 Å². The molecular weight excluding hydrogens is 208 g/mol. The third-order valence-corrected chi connectivity index (χ3v) is 8.41. The molecule has 74 valence electrons. The van der Waals surface area contributed by atoms with Crippen LogP contribution in [0.5, 0.6) is 0 Å². The molecule has 0 nitrogen and oxygen atoms in total. The second kappa shape index (κ2) is 3.82. The van der Waals surface area contributed by atoms with Crippen LogP contribution in [0.4, 0.5) is 0 Å². The first kappa shape index (κ1) is 8.12. The van der Waals surface area contributed by atoms with Crippen molar-refractivity contribution in [3.05, 3.63) is 35.9 Å². The lowest BCUT2D eigenvalue weighted by Crippen LogP contribution is -2.46. The molecule has 1 aromatic rings. The molecule has 3 aliphatic heterocycles. The van der Waals surface area contributed by atoms with E-state index in [1.807, 2.05) is 0 Å². The summed E-state index contributed by atoms with van der Waals surface area (Å²) >= 11 is 0. The van der Waals surface area contributed by atoms with Gasteiger partial charge in [-0.15, -0.1) is 0 Å². The van der Waals surface area contributed by atoms with Gasteiger partial charge in [-0.25, -0.2) is 0 Å². The van der Waals surface area contributed by atoms with E-state index in [1.54, 1.807) is 0 Å². The fraction of sp³-hybridized carbons (Fsp3) is 0.500. The van der Waals surface area contributed by atoms with Gasteiger partial charge in [0, 0.05) is 27.4 Å². The van der Waals surface area contributed by atoms with Gasteiger partial charge in [0.05, 0.1) is 1.37 Å². The largest absolute Gasteiger partial charge is 0.187 e. The van der Waals surface area contributed by atoms with Crippen molar-refractivity contribution in [1.82, 2.24) is 0 Å². The van der Waals surface area contributed by atoms with Crippen molar-refractivity contribution in [1.29, 1.82) is 0 Å². The Morgan fingerprint density at radius 2 is 1.79 bits per heavy atom. The maximum absolute atomic E-state index is 8.37. The Labute approximate surface area is 93.2 Å². The van der Waals surface area contributed by atoms with Gasteiger partial charge in [0.1, 0.15) is 0 Å². The maximum Gasteiger partial charge on any atom is 0.187 e. The summed E-state index contributed by atoms with van der Waals surface area (Å²) in [4.78, 5) is 0. The van der Waals surface area contributed by atoms with Crippen molar-refractivity contribution in [3.63, 3.8) is 0 Å². The zero-order valence-corrected chi connectivity index (χ0v) is 9.82. The minimum atomic E-state index is 0.207. The summed E-state index contributed by atoms with van der Waals surface area (Å²) in [7, 11) is 0.928. The molecule has 3 aliphatic rings. The minimum Gasteiger partial charge on any atom is -0.0622 e. The average molecular weight is 225 g/mol. The van der Waals surface area contributed by atoms with Crippen molar-refractivity contribution in [3.8, 4) is 0 Å². The fourth-order valence-electron chi connectivity index (χ4n) is 2.19. The summed E-state index contributed by atoms with van der Waals surface area (Å²) in [6.45, 7) is 0. The van der Waals surface area contributed by atoms with E-state index >= 15 is 0 Å². The molecule has 3 fully saturated rings. The van der Waals surface area contributed by atoms with E-state index in [1.165, 1.54) is 28.6 Å². The van der Waals surface area contributed by atoms with Crippen LogP contribution >= 0.6 is 0 Å². The molecule has 1 aromatic carbocycles. The van der Waals surface area contributed by atoms with Crippen LogP contribution in [0.1, 0.15) is 12.2 Å². The Morgan fingerprint density at radius 3 is 2.43 bits per heavy atom. The zero-order chi connectivity index (χ0) is 10.3. The quantitative estimate of drug-likeness (QED) is 0.641. The monoisotopic (exact) mass is 225 g/mol. The Bertz CT molecular complexity index is 331. The van der Waals surface area contributed by atoms with Crippen LogP contribution in [0, 0.1) is 0 Å². The van der Waals surface area contributed by atoms with Gasteiger partial charge in [-0.1, -0.05) is 30.3 Å². The van der Waals surface area contributed by atoms with Crippen molar-refractivity contribution >= 4 is 21.8 Å². The summed E-state index contributed by atoms with van der Waals surface area (Å²) in [6.07, 6.45) is 0. The van der Waals surface area contributed by atoms with E-state index in [0.29, 0.717) is 27.0 Å². The van der Waals surface area contributed by atoms with Gasteiger partial charge >= 0.3 is 0 Å². The van der Waals surface area contributed by atoms with E-state index < -0.39 is 0 Å². The number of benzene rings is 1. The third-order valence-electron chi connectivity index (χ3n) is 3.02. The third kappa shape index (κ3) is 1.59. The first-order valence-corrected chi connectivity index (χ1v) is 8.41. The van der Waals surface area contributed by atoms with E-state index in [2.05, 4.69) is 30.3 Å². The zero-order valence-electron chi connectivity index (χ0n) is 9.19. The molecule has 4 rings (SSSR count). The van der Waals surface area contributed by atoms with Crippen LogP contribution in [0.15, 0.2) is 30.3 Å². The van der Waals surface area contributed by atoms with Crippen LogP contribution in [0.3, 0.4) is 0 Å². The first-order valence-electron chi connectivity index (χ1n) is 5.74. The van der Waals surface area contributed by atoms with Crippen LogP contribution in [-0.4, -0.2) is 28.7 Å². The van der Waals surface area contributed by atoms with E-state index in [0.717, 1.165) is 0 Å². The Balaban J connectivity index is 1.92. The number of rotatable bonds is 1. The molecule has 0 saturated carbocycles. The topological polar surface area (TPSA) is 0 Å². The molecule has 2 bridgehead atoms.